The van der Waals surface area contributed by atoms with Gasteiger partial charge in [-0.15, -0.1) is 0 Å². The zero-order valence-corrected chi connectivity index (χ0v) is 12.7. The maximum Gasteiger partial charge on any atom is 0.333 e. The molecule has 1 unspecified atom stereocenters. The Balaban J connectivity index is 1.95. The van der Waals surface area contributed by atoms with Crippen LogP contribution in [0.25, 0.3) is 0 Å². The average molecular weight is 293 g/mol. The van der Waals surface area contributed by atoms with Gasteiger partial charge in [-0.1, -0.05) is 0 Å². The number of hydrogen-bond donors (Lipinski definition) is 1. The largest absolute Gasteiger partial charge is 0.347 e. The van der Waals surface area contributed by atoms with E-state index < -0.39 is 0 Å². The second-order valence-electron chi connectivity index (χ2n) is 6.01. The molecule has 2 heterocycles. The highest BCUT2D eigenvalue weighted by Crippen LogP contribution is 2.39. The van der Waals surface area contributed by atoms with Crippen LogP contribution in [0.15, 0.2) is 0 Å². The molecule has 1 aliphatic carbocycles. The summed E-state index contributed by atoms with van der Waals surface area (Å²) in [6, 6.07) is 0.873. The van der Waals surface area contributed by atoms with Crippen LogP contribution in [0, 0.1) is 17.0 Å². The Morgan fingerprint density at radius 3 is 2.76 bits per heavy atom. The first kappa shape index (κ1) is 14.3. The van der Waals surface area contributed by atoms with Crippen molar-refractivity contribution in [1.29, 1.82) is 0 Å². The van der Waals surface area contributed by atoms with Gasteiger partial charge in [-0.2, -0.15) is 5.10 Å². The van der Waals surface area contributed by atoms with E-state index in [1.165, 1.54) is 6.42 Å². The minimum absolute atomic E-state index is 0.182. The number of nitrogens with one attached hydrogen (secondary N) is 1. The number of nitro groups is 1. The smallest absolute Gasteiger partial charge is 0.333 e. The van der Waals surface area contributed by atoms with Crippen LogP contribution in [0.2, 0.25) is 0 Å². The Morgan fingerprint density at radius 2 is 2.24 bits per heavy atom. The molecule has 1 saturated carbocycles. The molecule has 1 aliphatic heterocycles. The molecule has 1 N–H and O–H groups in total. The van der Waals surface area contributed by atoms with E-state index in [0.29, 0.717) is 30.1 Å². The molecular formula is C14H23N5O2. The van der Waals surface area contributed by atoms with E-state index in [-0.39, 0.29) is 10.6 Å². The average Bonchev–Trinajstić information content (AvgIpc) is 3.04. The lowest BCUT2D eigenvalue weighted by molar-refractivity contribution is -0.384. The second kappa shape index (κ2) is 5.63. The van der Waals surface area contributed by atoms with Crippen molar-refractivity contribution in [3.8, 4) is 0 Å². The topological polar surface area (TPSA) is 76.2 Å². The Hall–Kier alpha value is -1.63. The molecule has 0 spiro atoms. The summed E-state index contributed by atoms with van der Waals surface area (Å²) in [6.07, 6.45) is 4.59. The maximum atomic E-state index is 11.5. The molecule has 2 fully saturated rings. The monoisotopic (exact) mass is 293 g/mol. The van der Waals surface area contributed by atoms with E-state index in [0.717, 1.165) is 32.4 Å². The van der Waals surface area contributed by atoms with Gasteiger partial charge in [-0.3, -0.25) is 10.1 Å². The lowest BCUT2D eigenvalue weighted by Gasteiger charge is -2.27. The van der Waals surface area contributed by atoms with Crippen LogP contribution in [0.3, 0.4) is 0 Å². The third-order valence-corrected chi connectivity index (χ3v) is 4.39. The standard InChI is InChI=1S/C14H23N5O2/c1-3-18-14(13(19(20)21)10(2)16-18)17(12-6-7-12)9-11-5-4-8-15-11/h11-12,15H,3-9H2,1-2H3. The SMILES string of the molecule is CCn1nc(C)c([N+](=O)[O-])c1N(CC1CCCN1)C1CC1. The zero-order valence-electron chi connectivity index (χ0n) is 12.7. The second-order valence-corrected chi connectivity index (χ2v) is 6.01. The molecule has 7 nitrogen and oxygen atoms in total. The number of rotatable bonds is 6. The van der Waals surface area contributed by atoms with Crippen LogP contribution in [0.4, 0.5) is 11.5 Å². The summed E-state index contributed by atoms with van der Waals surface area (Å²) in [7, 11) is 0. The Labute approximate surface area is 124 Å². The molecule has 21 heavy (non-hydrogen) atoms. The van der Waals surface area contributed by atoms with Gasteiger partial charge >= 0.3 is 5.69 Å². The summed E-state index contributed by atoms with van der Waals surface area (Å²) < 4.78 is 1.79. The van der Waals surface area contributed by atoms with E-state index in [4.69, 9.17) is 0 Å². The Morgan fingerprint density at radius 1 is 1.48 bits per heavy atom. The van der Waals surface area contributed by atoms with E-state index in [9.17, 15) is 10.1 Å². The van der Waals surface area contributed by atoms with Crippen molar-refractivity contribution >= 4 is 11.5 Å². The van der Waals surface area contributed by atoms with Crippen LogP contribution in [0.1, 0.15) is 38.3 Å². The van der Waals surface area contributed by atoms with Gasteiger partial charge in [-0.05, 0) is 46.1 Å². The number of nitrogens with zero attached hydrogens (tertiary/aromatic N) is 4. The van der Waals surface area contributed by atoms with Crippen molar-refractivity contribution in [2.24, 2.45) is 0 Å². The maximum absolute atomic E-state index is 11.5. The summed E-state index contributed by atoms with van der Waals surface area (Å²) in [5.41, 5.74) is 0.698. The molecule has 3 rings (SSSR count). The van der Waals surface area contributed by atoms with Crippen LogP contribution in [-0.4, -0.2) is 39.9 Å². The molecular weight excluding hydrogens is 270 g/mol. The summed E-state index contributed by atoms with van der Waals surface area (Å²) in [4.78, 5) is 13.4. The van der Waals surface area contributed by atoms with Gasteiger partial charge in [0, 0.05) is 25.2 Å². The minimum Gasteiger partial charge on any atom is -0.347 e. The Bertz CT molecular complexity index is 532. The number of anilines is 1. The highest BCUT2D eigenvalue weighted by molar-refractivity contribution is 5.62. The highest BCUT2D eigenvalue weighted by atomic mass is 16.6. The molecule has 0 aromatic carbocycles. The Kier molecular flexibility index (Phi) is 3.84. The van der Waals surface area contributed by atoms with E-state index in [1.807, 2.05) is 6.92 Å². The quantitative estimate of drug-likeness (QED) is 0.640. The predicted octanol–water partition coefficient (Wildman–Crippen LogP) is 1.84. The van der Waals surface area contributed by atoms with Crippen molar-refractivity contribution in [2.75, 3.05) is 18.0 Å². The van der Waals surface area contributed by atoms with Crippen molar-refractivity contribution in [1.82, 2.24) is 15.1 Å². The fraction of sp³-hybridized carbons (Fsp3) is 0.786. The molecule has 2 aliphatic rings. The van der Waals surface area contributed by atoms with Gasteiger partial charge in [0.2, 0.25) is 5.82 Å². The summed E-state index contributed by atoms with van der Waals surface area (Å²) >= 11 is 0. The molecule has 1 atom stereocenters. The van der Waals surface area contributed by atoms with Crippen LogP contribution in [0.5, 0.6) is 0 Å². The summed E-state index contributed by atoms with van der Waals surface area (Å²) in [6.45, 7) is 6.27. The van der Waals surface area contributed by atoms with Gasteiger partial charge in [0.25, 0.3) is 0 Å². The summed E-state index contributed by atoms with van der Waals surface area (Å²) in [5, 5.41) is 19.3. The number of hydrogen-bond acceptors (Lipinski definition) is 5. The first-order valence-electron chi connectivity index (χ1n) is 7.83. The summed E-state index contributed by atoms with van der Waals surface area (Å²) in [5.74, 6) is 0.705. The number of aromatic nitrogens is 2. The minimum atomic E-state index is -0.277. The van der Waals surface area contributed by atoms with E-state index >= 15 is 0 Å². The van der Waals surface area contributed by atoms with Gasteiger partial charge in [0.15, 0.2) is 0 Å². The normalized spacial score (nSPS) is 21.7. The molecule has 116 valence electrons. The van der Waals surface area contributed by atoms with E-state index in [1.54, 1.807) is 11.6 Å². The van der Waals surface area contributed by atoms with Gasteiger partial charge in [0.1, 0.15) is 5.69 Å². The van der Waals surface area contributed by atoms with Crippen LogP contribution >= 0.6 is 0 Å². The molecule has 0 bridgehead atoms. The van der Waals surface area contributed by atoms with Crippen molar-refractivity contribution in [3.05, 3.63) is 15.8 Å². The molecule has 0 radical (unpaired) electrons. The third kappa shape index (κ3) is 2.74. The first-order valence-corrected chi connectivity index (χ1v) is 7.83. The number of aryl methyl sites for hydroxylation is 2. The van der Waals surface area contributed by atoms with Crippen molar-refractivity contribution in [2.45, 2.75) is 58.2 Å². The van der Waals surface area contributed by atoms with Gasteiger partial charge < -0.3 is 10.2 Å². The molecule has 0 amide bonds. The third-order valence-electron chi connectivity index (χ3n) is 4.39. The first-order chi connectivity index (χ1) is 10.1. The predicted molar refractivity (Wildman–Crippen MR) is 80.7 cm³/mol. The lowest BCUT2D eigenvalue weighted by atomic mass is 10.2. The lowest BCUT2D eigenvalue weighted by Crippen LogP contribution is -2.40. The van der Waals surface area contributed by atoms with Crippen LogP contribution in [-0.2, 0) is 6.54 Å². The molecule has 7 heteroatoms. The zero-order chi connectivity index (χ0) is 15.0. The fourth-order valence-corrected chi connectivity index (χ4v) is 3.22. The van der Waals surface area contributed by atoms with Crippen LogP contribution < -0.4 is 10.2 Å². The van der Waals surface area contributed by atoms with Gasteiger partial charge in [0.05, 0.1) is 4.92 Å². The molecule has 1 aromatic heterocycles. The van der Waals surface area contributed by atoms with E-state index in [2.05, 4.69) is 15.3 Å². The van der Waals surface area contributed by atoms with Gasteiger partial charge in [-0.25, -0.2) is 4.68 Å². The molecule has 1 saturated heterocycles. The van der Waals surface area contributed by atoms with Crippen molar-refractivity contribution < 1.29 is 4.92 Å². The fourth-order valence-electron chi connectivity index (χ4n) is 3.22. The molecule has 1 aromatic rings. The highest BCUT2D eigenvalue weighted by Gasteiger charge is 2.38. The van der Waals surface area contributed by atoms with Crippen molar-refractivity contribution in [3.63, 3.8) is 0 Å².